The van der Waals surface area contributed by atoms with Crippen molar-refractivity contribution in [3.05, 3.63) is 120 Å². The largest absolute Gasteiger partial charge is 0.494 e. The van der Waals surface area contributed by atoms with E-state index >= 15 is 0 Å². The van der Waals surface area contributed by atoms with Gasteiger partial charge in [0, 0.05) is 23.5 Å². The maximum Gasteiger partial charge on any atom is 0.248 e. The van der Waals surface area contributed by atoms with E-state index in [2.05, 4.69) is 10.6 Å². The molecule has 0 radical (unpaired) electrons. The minimum absolute atomic E-state index is 0.237. The van der Waals surface area contributed by atoms with Gasteiger partial charge in [0.05, 0.1) is 13.2 Å². The Hall–Kier alpha value is -5.30. The zero-order chi connectivity index (χ0) is 28.9. The lowest BCUT2D eigenvalue weighted by Gasteiger charge is -2.08. The second-order valence-corrected chi connectivity index (χ2v) is 8.80. The molecule has 0 saturated carbocycles. The molecule has 7 heteroatoms. The van der Waals surface area contributed by atoms with Crippen LogP contribution in [0, 0.1) is 0 Å². The number of carbonyl (C=O) groups is 2. The van der Waals surface area contributed by atoms with Gasteiger partial charge in [0.2, 0.25) is 11.8 Å². The van der Waals surface area contributed by atoms with Crippen LogP contribution in [-0.4, -0.2) is 25.0 Å². The van der Waals surface area contributed by atoms with Crippen molar-refractivity contribution >= 4 is 35.3 Å². The number of hydrogen-bond acceptors (Lipinski definition) is 5. The molecular formula is C34H32N2O5. The van der Waals surface area contributed by atoms with Gasteiger partial charge in [0.25, 0.3) is 0 Å². The normalized spacial score (nSPS) is 10.9. The summed E-state index contributed by atoms with van der Waals surface area (Å²) in [4.78, 5) is 24.6. The maximum atomic E-state index is 12.3. The summed E-state index contributed by atoms with van der Waals surface area (Å²) in [5.41, 5.74) is 3.10. The molecule has 4 aromatic carbocycles. The van der Waals surface area contributed by atoms with Gasteiger partial charge in [0.15, 0.2) is 0 Å². The van der Waals surface area contributed by atoms with E-state index in [0.717, 1.165) is 22.6 Å². The van der Waals surface area contributed by atoms with Crippen molar-refractivity contribution in [2.45, 2.75) is 13.8 Å². The number of rotatable bonds is 12. The first-order chi connectivity index (χ1) is 20.0. The average Bonchev–Trinajstić information content (AvgIpc) is 2.99. The highest BCUT2D eigenvalue weighted by molar-refractivity contribution is 6.02. The number of hydrogen-bond donors (Lipinski definition) is 2. The van der Waals surface area contributed by atoms with Crippen LogP contribution in [0.4, 0.5) is 11.4 Å². The van der Waals surface area contributed by atoms with Gasteiger partial charge < -0.3 is 24.8 Å². The number of ether oxygens (including phenoxy) is 3. The van der Waals surface area contributed by atoms with E-state index in [1.54, 1.807) is 60.7 Å². The molecule has 0 saturated heterocycles. The first-order valence-corrected chi connectivity index (χ1v) is 13.3. The molecule has 0 aromatic heterocycles. The summed E-state index contributed by atoms with van der Waals surface area (Å²) < 4.78 is 16.7. The summed E-state index contributed by atoms with van der Waals surface area (Å²) in [6.07, 6.45) is 6.45. The topological polar surface area (TPSA) is 85.9 Å². The third kappa shape index (κ3) is 9.44. The Morgan fingerprint density at radius 1 is 0.537 bits per heavy atom. The summed E-state index contributed by atoms with van der Waals surface area (Å²) in [6, 6.07) is 29.2. The molecule has 0 aliphatic heterocycles. The SMILES string of the molecule is CCOc1ccc(/C=C/C(=O)Nc2ccc(Oc3ccc(NC(=O)/C=C/c4ccc(OCC)cc4)cc3)cc2)cc1. The minimum atomic E-state index is -0.237. The lowest BCUT2D eigenvalue weighted by Crippen LogP contribution is -2.07. The Morgan fingerprint density at radius 2 is 0.878 bits per heavy atom. The van der Waals surface area contributed by atoms with Crippen LogP contribution >= 0.6 is 0 Å². The highest BCUT2D eigenvalue weighted by atomic mass is 16.5. The zero-order valence-corrected chi connectivity index (χ0v) is 23.0. The summed E-state index contributed by atoms with van der Waals surface area (Å²) in [6.45, 7) is 5.09. The molecule has 0 unspecified atom stereocenters. The highest BCUT2D eigenvalue weighted by Gasteiger charge is 2.03. The molecule has 0 fully saturated rings. The molecule has 2 amide bonds. The fourth-order valence-corrected chi connectivity index (χ4v) is 3.74. The van der Waals surface area contributed by atoms with E-state index < -0.39 is 0 Å². The van der Waals surface area contributed by atoms with E-state index in [0.29, 0.717) is 36.1 Å². The van der Waals surface area contributed by atoms with Gasteiger partial charge in [0.1, 0.15) is 23.0 Å². The Kier molecular flexibility index (Phi) is 10.3. The van der Waals surface area contributed by atoms with Crippen molar-refractivity contribution in [1.82, 2.24) is 0 Å². The predicted octanol–water partition coefficient (Wildman–Crippen LogP) is 7.58. The smallest absolute Gasteiger partial charge is 0.248 e. The number of benzene rings is 4. The van der Waals surface area contributed by atoms with E-state index in [1.165, 1.54) is 12.2 Å². The standard InChI is InChI=1S/C34H32N2O5/c1-3-39-29-15-5-25(6-16-29)9-23-33(37)35-27-11-19-31(20-12-27)41-32-21-13-28(14-22-32)36-34(38)24-10-26-7-17-30(18-8-26)40-4-2/h5-24H,3-4H2,1-2H3,(H,35,37)(H,36,38)/b23-9+,24-10+. The van der Waals surface area contributed by atoms with E-state index in [9.17, 15) is 9.59 Å². The first-order valence-electron chi connectivity index (χ1n) is 13.3. The second kappa shape index (κ2) is 14.7. The maximum absolute atomic E-state index is 12.3. The molecule has 208 valence electrons. The van der Waals surface area contributed by atoms with Gasteiger partial charge in [-0.25, -0.2) is 0 Å². The first kappa shape index (κ1) is 28.7. The number of nitrogens with one attached hydrogen (secondary N) is 2. The highest BCUT2D eigenvalue weighted by Crippen LogP contribution is 2.25. The molecule has 4 rings (SSSR count). The van der Waals surface area contributed by atoms with E-state index in [4.69, 9.17) is 14.2 Å². The lowest BCUT2D eigenvalue weighted by atomic mass is 10.2. The van der Waals surface area contributed by atoms with Crippen LogP contribution in [0.15, 0.2) is 109 Å². The van der Waals surface area contributed by atoms with Crippen molar-refractivity contribution in [2.24, 2.45) is 0 Å². The van der Waals surface area contributed by atoms with Crippen LogP contribution in [0.25, 0.3) is 12.2 Å². The van der Waals surface area contributed by atoms with Crippen LogP contribution in [-0.2, 0) is 9.59 Å². The minimum Gasteiger partial charge on any atom is -0.494 e. The van der Waals surface area contributed by atoms with E-state index in [-0.39, 0.29) is 11.8 Å². The monoisotopic (exact) mass is 548 g/mol. The van der Waals surface area contributed by atoms with Crippen LogP contribution in [0.3, 0.4) is 0 Å². The number of carbonyl (C=O) groups excluding carboxylic acids is 2. The van der Waals surface area contributed by atoms with Crippen LogP contribution in [0.2, 0.25) is 0 Å². The second-order valence-electron chi connectivity index (χ2n) is 8.80. The van der Waals surface area contributed by atoms with Gasteiger partial charge in [-0.15, -0.1) is 0 Å². The molecule has 0 atom stereocenters. The number of anilines is 2. The molecule has 0 aliphatic rings. The van der Waals surface area contributed by atoms with Gasteiger partial charge >= 0.3 is 0 Å². The summed E-state index contributed by atoms with van der Waals surface area (Å²) in [5, 5.41) is 5.66. The van der Waals surface area contributed by atoms with Gasteiger partial charge in [-0.05, 0) is 110 Å². The quantitative estimate of drug-likeness (QED) is 0.178. The molecule has 7 nitrogen and oxygen atoms in total. The van der Waals surface area contributed by atoms with Crippen LogP contribution < -0.4 is 24.8 Å². The number of amides is 2. The van der Waals surface area contributed by atoms with Crippen molar-refractivity contribution in [1.29, 1.82) is 0 Å². The molecule has 0 aliphatic carbocycles. The van der Waals surface area contributed by atoms with Crippen molar-refractivity contribution in [2.75, 3.05) is 23.8 Å². The third-order valence-electron chi connectivity index (χ3n) is 5.72. The van der Waals surface area contributed by atoms with Crippen molar-refractivity contribution in [3.63, 3.8) is 0 Å². The van der Waals surface area contributed by atoms with Gasteiger partial charge in [-0.3, -0.25) is 9.59 Å². The van der Waals surface area contributed by atoms with Crippen molar-refractivity contribution in [3.8, 4) is 23.0 Å². The fourth-order valence-electron chi connectivity index (χ4n) is 3.74. The van der Waals surface area contributed by atoms with Crippen molar-refractivity contribution < 1.29 is 23.8 Å². The molecule has 0 heterocycles. The molecule has 4 aromatic rings. The molecule has 2 N–H and O–H groups in total. The lowest BCUT2D eigenvalue weighted by molar-refractivity contribution is -0.112. The Bertz CT molecular complexity index is 1360. The van der Waals surface area contributed by atoms with Crippen LogP contribution in [0.5, 0.6) is 23.0 Å². The van der Waals surface area contributed by atoms with Gasteiger partial charge in [-0.1, -0.05) is 24.3 Å². The van der Waals surface area contributed by atoms with Gasteiger partial charge in [-0.2, -0.15) is 0 Å². The summed E-state index contributed by atoms with van der Waals surface area (Å²) in [5.74, 6) is 2.34. The fraction of sp³-hybridized carbons (Fsp3) is 0.118. The Morgan fingerprint density at radius 3 is 1.22 bits per heavy atom. The molecule has 41 heavy (non-hydrogen) atoms. The zero-order valence-electron chi connectivity index (χ0n) is 23.0. The molecule has 0 bridgehead atoms. The Labute approximate surface area is 240 Å². The summed E-state index contributed by atoms with van der Waals surface area (Å²) >= 11 is 0. The summed E-state index contributed by atoms with van der Waals surface area (Å²) in [7, 11) is 0. The average molecular weight is 549 g/mol. The predicted molar refractivity (Wildman–Crippen MR) is 164 cm³/mol. The third-order valence-corrected chi connectivity index (χ3v) is 5.72. The van der Waals surface area contributed by atoms with E-state index in [1.807, 2.05) is 62.4 Å². The molecule has 0 spiro atoms. The van der Waals surface area contributed by atoms with Crippen LogP contribution in [0.1, 0.15) is 25.0 Å². The molecular weight excluding hydrogens is 516 g/mol. The Balaban J connectivity index is 1.23.